The second-order valence-corrected chi connectivity index (χ2v) is 8.14. The number of Topliss-reactive ketones (excluding diaryl/α,β-unsaturated/α-hetero) is 1. The van der Waals surface area contributed by atoms with Crippen molar-refractivity contribution >= 4 is 23.3 Å². The first kappa shape index (κ1) is 27.0. The molecule has 9 heteroatoms. The summed E-state index contributed by atoms with van der Waals surface area (Å²) in [5.41, 5.74) is 2.47. The highest BCUT2D eigenvalue weighted by Crippen LogP contribution is 2.28. The summed E-state index contributed by atoms with van der Waals surface area (Å²) in [6.45, 7) is 2.88. The van der Waals surface area contributed by atoms with Gasteiger partial charge in [0.1, 0.15) is 23.2 Å². The minimum Gasteiger partial charge on any atom is -0.497 e. The molecule has 0 aliphatic heterocycles. The average molecular weight is 513 g/mol. The molecule has 1 heterocycles. The van der Waals surface area contributed by atoms with Crippen LogP contribution in [0, 0.1) is 0 Å². The zero-order chi connectivity index (χ0) is 25.9. The van der Waals surface area contributed by atoms with Crippen molar-refractivity contribution in [2.75, 3.05) is 34.0 Å². The number of carbonyl (C=O) groups is 2. The minimum atomic E-state index is -0.422. The van der Waals surface area contributed by atoms with Gasteiger partial charge in [-0.1, -0.05) is 30.7 Å². The third-order valence-corrected chi connectivity index (χ3v) is 5.49. The molecule has 0 radical (unpaired) electrons. The number of hydrogen-bond donors (Lipinski definition) is 1. The molecule has 2 aromatic carbocycles. The van der Waals surface area contributed by atoms with E-state index in [4.69, 9.17) is 30.5 Å². The Kier molecular flexibility index (Phi) is 10.1. The fraction of sp³-hybridized carbons (Fsp3) is 0.296. The molecule has 0 aliphatic rings. The summed E-state index contributed by atoms with van der Waals surface area (Å²) in [5.74, 6) is 0.916. The van der Waals surface area contributed by atoms with Gasteiger partial charge in [0, 0.05) is 5.56 Å². The van der Waals surface area contributed by atoms with E-state index in [9.17, 15) is 9.59 Å². The van der Waals surface area contributed by atoms with Crippen LogP contribution in [0.5, 0.6) is 17.2 Å². The molecule has 0 atom stereocenters. The Hall–Kier alpha value is -3.62. The largest absolute Gasteiger partial charge is 0.497 e. The van der Waals surface area contributed by atoms with Crippen LogP contribution in [0.1, 0.15) is 38.9 Å². The van der Waals surface area contributed by atoms with E-state index in [0.717, 1.165) is 23.3 Å². The van der Waals surface area contributed by atoms with E-state index in [0.29, 0.717) is 36.9 Å². The van der Waals surface area contributed by atoms with Gasteiger partial charge in [-0.15, -0.1) is 0 Å². The number of pyridine rings is 1. The van der Waals surface area contributed by atoms with Gasteiger partial charge in [-0.25, -0.2) is 4.98 Å². The SMILES string of the molecule is CCc1cc(Cl)nc(C(=O)CNC(=O)c2ccc(OCCOCc3ccc(OC)cc3)c(OC)c2)c1. The number of ketones is 1. The highest BCUT2D eigenvalue weighted by molar-refractivity contribution is 6.29. The van der Waals surface area contributed by atoms with Gasteiger partial charge < -0.3 is 24.3 Å². The zero-order valence-corrected chi connectivity index (χ0v) is 21.3. The van der Waals surface area contributed by atoms with Gasteiger partial charge in [0.15, 0.2) is 17.3 Å². The quantitative estimate of drug-likeness (QED) is 0.204. The van der Waals surface area contributed by atoms with Crippen molar-refractivity contribution in [3.05, 3.63) is 82.1 Å². The number of amides is 1. The maximum atomic E-state index is 12.6. The number of ether oxygens (including phenoxy) is 4. The van der Waals surface area contributed by atoms with E-state index in [1.54, 1.807) is 37.4 Å². The van der Waals surface area contributed by atoms with Crippen LogP contribution in [-0.4, -0.2) is 50.7 Å². The number of benzene rings is 2. The lowest BCUT2D eigenvalue weighted by Crippen LogP contribution is -2.30. The number of aromatic nitrogens is 1. The first-order chi connectivity index (χ1) is 17.4. The van der Waals surface area contributed by atoms with Crippen LogP contribution in [0.2, 0.25) is 5.15 Å². The van der Waals surface area contributed by atoms with E-state index in [1.165, 1.54) is 7.11 Å². The van der Waals surface area contributed by atoms with Crippen molar-refractivity contribution in [2.24, 2.45) is 0 Å². The second-order valence-electron chi connectivity index (χ2n) is 7.76. The molecule has 0 spiro atoms. The lowest BCUT2D eigenvalue weighted by Gasteiger charge is -2.13. The first-order valence-corrected chi connectivity index (χ1v) is 11.8. The van der Waals surface area contributed by atoms with Crippen molar-refractivity contribution in [1.82, 2.24) is 10.3 Å². The average Bonchev–Trinajstić information content (AvgIpc) is 2.91. The lowest BCUT2D eigenvalue weighted by molar-refractivity contribution is 0.0877. The van der Waals surface area contributed by atoms with Crippen molar-refractivity contribution in [1.29, 1.82) is 0 Å². The van der Waals surface area contributed by atoms with Crippen molar-refractivity contribution in [3.63, 3.8) is 0 Å². The Labute approximate surface area is 215 Å². The molecule has 190 valence electrons. The van der Waals surface area contributed by atoms with Crippen molar-refractivity contribution in [3.8, 4) is 17.2 Å². The lowest BCUT2D eigenvalue weighted by atomic mass is 10.1. The standard InChI is InChI=1S/C27H29ClN2O6/c1-4-18-13-22(30-26(28)14-18)23(31)16-29-27(32)20-7-10-24(25(15-20)34-3)36-12-11-35-17-19-5-8-21(33-2)9-6-19/h5-10,13-15H,4,11-12,16-17H2,1-3H3,(H,29,32). The molecule has 0 aliphatic carbocycles. The van der Waals surface area contributed by atoms with Gasteiger partial charge in [0.2, 0.25) is 0 Å². The monoisotopic (exact) mass is 512 g/mol. The molecule has 0 saturated heterocycles. The maximum absolute atomic E-state index is 12.6. The molecule has 3 aromatic rings. The Balaban J connectivity index is 1.49. The summed E-state index contributed by atoms with van der Waals surface area (Å²) in [5, 5.41) is 2.86. The van der Waals surface area contributed by atoms with Gasteiger partial charge >= 0.3 is 0 Å². The molecule has 0 fully saturated rings. The van der Waals surface area contributed by atoms with E-state index in [1.807, 2.05) is 31.2 Å². The van der Waals surface area contributed by atoms with Crippen LogP contribution < -0.4 is 19.5 Å². The smallest absolute Gasteiger partial charge is 0.251 e. The number of methoxy groups -OCH3 is 2. The number of nitrogens with one attached hydrogen (secondary N) is 1. The predicted octanol–water partition coefficient (Wildman–Crippen LogP) is 4.52. The molecule has 3 rings (SSSR count). The summed E-state index contributed by atoms with van der Waals surface area (Å²) < 4.78 is 21.9. The van der Waals surface area contributed by atoms with E-state index >= 15 is 0 Å². The predicted molar refractivity (Wildman–Crippen MR) is 136 cm³/mol. The van der Waals surface area contributed by atoms with Gasteiger partial charge in [-0.05, 0) is 60.0 Å². The second kappa shape index (κ2) is 13.5. The Morgan fingerprint density at radius 1 is 0.917 bits per heavy atom. The molecule has 1 amide bonds. The zero-order valence-electron chi connectivity index (χ0n) is 20.5. The Bertz CT molecular complexity index is 1180. The summed E-state index contributed by atoms with van der Waals surface area (Å²) in [6, 6.07) is 15.8. The van der Waals surface area contributed by atoms with Crippen LogP contribution in [0.15, 0.2) is 54.6 Å². The van der Waals surface area contributed by atoms with Gasteiger partial charge in [-0.3, -0.25) is 9.59 Å². The number of hydrogen-bond acceptors (Lipinski definition) is 7. The van der Waals surface area contributed by atoms with Crippen LogP contribution in [0.25, 0.3) is 0 Å². The minimum absolute atomic E-state index is 0.207. The third-order valence-electron chi connectivity index (χ3n) is 5.30. The summed E-state index contributed by atoms with van der Waals surface area (Å²) >= 11 is 5.98. The van der Waals surface area contributed by atoms with Crippen molar-refractivity contribution in [2.45, 2.75) is 20.0 Å². The first-order valence-electron chi connectivity index (χ1n) is 11.4. The van der Waals surface area contributed by atoms with Gasteiger partial charge in [-0.2, -0.15) is 0 Å². The van der Waals surface area contributed by atoms with E-state index in [-0.39, 0.29) is 23.2 Å². The highest BCUT2D eigenvalue weighted by Gasteiger charge is 2.15. The molecule has 1 N–H and O–H groups in total. The third kappa shape index (κ3) is 7.69. The molecule has 0 unspecified atom stereocenters. The molecular formula is C27H29ClN2O6. The normalized spacial score (nSPS) is 10.6. The Morgan fingerprint density at radius 2 is 1.69 bits per heavy atom. The van der Waals surface area contributed by atoms with Crippen LogP contribution in [-0.2, 0) is 17.8 Å². The van der Waals surface area contributed by atoms with Crippen LogP contribution in [0.3, 0.4) is 0 Å². The van der Waals surface area contributed by atoms with Crippen LogP contribution in [0.4, 0.5) is 0 Å². The molecule has 0 bridgehead atoms. The van der Waals surface area contributed by atoms with Gasteiger partial charge in [0.25, 0.3) is 5.91 Å². The Morgan fingerprint density at radius 3 is 2.39 bits per heavy atom. The topological polar surface area (TPSA) is 96.0 Å². The van der Waals surface area contributed by atoms with Crippen molar-refractivity contribution < 1.29 is 28.5 Å². The number of halogens is 1. The summed E-state index contributed by atoms with van der Waals surface area (Å²) in [6.07, 6.45) is 0.720. The molecular weight excluding hydrogens is 484 g/mol. The number of carbonyl (C=O) groups excluding carboxylic acids is 2. The number of aryl methyl sites for hydroxylation is 1. The summed E-state index contributed by atoms with van der Waals surface area (Å²) in [7, 11) is 3.11. The fourth-order valence-corrected chi connectivity index (χ4v) is 3.53. The molecule has 1 aromatic heterocycles. The van der Waals surface area contributed by atoms with Gasteiger partial charge in [0.05, 0.1) is 34.0 Å². The fourth-order valence-electron chi connectivity index (χ4n) is 3.30. The maximum Gasteiger partial charge on any atom is 0.251 e. The van der Waals surface area contributed by atoms with Crippen LogP contribution >= 0.6 is 11.6 Å². The highest BCUT2D eigenvalue weighted by atomic mass is 35.5. The number of nitrogens with zero attached hydrogens (tertiary/aromatic N) is 1. The van der Waals surface area contributed by atoms with E-state index < -0.39 is 5.91 Å². The molecule has 36 heavy (non-hydrogen) atoms. The summed E-state index contributed by atoms with van der Waals surface area (Å²) in [4.78, 5) is 29.1. The number of rotatable bonds is 13. The molecule has 0 saturated carbocycles. The molecule has 8 nitrogen and oxygen atoms in total. The van der Waals surface area contributed by atoms with E-state index in [2.05, 4.69) is 10.3 Å².